The van der Waals surface area contributed by atoms with Crippen LogP contribution in [-0.4, -0.2) is 38.8 Å². The SMILES string of the molecule is Cc1cc(C)c(OCC(=O)Nc2ccccc2N2CCOCC2)cc1C. The van der Waals surface area contributed by atoms with E-state index in [2.05, 4.69) is 23.2 Å². The maximum Gasteiger partial charge on any atom is 0.262 e. The van der Waals surface area contributed by atoms with Gasteiger partial charge in [-0.05, 0) is 55.7 Å². The van der Waals surface area contributed by atoms with Crippen molar-refractivity contribution in [3.8, 4) is 5.75 Å². The molecule has 1 amide bonds. The number of aryl methyl sites for hydroxylation is 3. The number of anilines is 2. The van der Waals surface area contributed by atoms with Gasteiger partial charge in [0, 0.05) is 13.1 Å². The van der Waals surface area contributed by atoms with Gasteiger partial charge in [0.25, 0.3) is 5.91 Å². The maximum absolute atomic E-state index is 12.4. The van der Waals surface area contributed by atoms with E-state index in [1.54, 1.807) is 0 Å². The smallest absolute Gasteiger partial charge is 0.262 e. The van der Waals surface area contributed by atoms with E-state index in [1.165, 1.54) is 5.56 Å². The van der Waals surface area contributed by atoms with Gasteiger partial charge in [0.05, 0.1) is 24.6 Å². The first-order valence-corrected chi connectivity index (χ1v) is 8.97. The average molecular weight is 354 g/mol. The molecular weight excluding hydrogens is 328 g/mol. The van der Waals surface area contributed by atoms with Crippen LogP contribution in [-0.2, 0) is 9.53 Å². The zero-order chi connectivity index (χ0) is 18.5. The summed E-state index contributed by atoms with van der Waals surface area (Å²) in [6.07, 6.45) is 0. The average Bonchev–Trinajstić information content (AvgIpc) is 2.65. The predicted octanol–water partition coefficient (Wildman–Crippen LogP) is 3.47. The van der Waals surface area contributed by atoms with Gasteiger partial charge in [-0.15, -0.1) is 0 Å². The monoisotopic (exact) mass is 354 g/mol. The Kier molecular flexibility index (Phi) is 5.78. The van der Waals surface area contributed by atoms with E-state index in [-0.39, 0.29) is 12.5 Å². The number of nitrogens with zero attached hydrogens (tertiary/aromatic N) is 1. The number of para-hydroxylation sites is 2. The Morgan fingerprint density at radius 1 is 1.08 bits per heavy atom. The van der Waals surface area contributed by atoms with Gasteiger partial charge in [-0.1, -0.05) is 18.2 Å². The van der Waals surface area contributed by atoms with Crippen molar-refractivity contribution in [3.05, 3.63) is 53.1 Å². The number of hydrogen-bond acceptors (Lipinski definition) is 4. The molecule has 3 rings (SSSR count). The van der Waals surface area contributed by atoms with Crippen molar-refractivity contribution >= 4 is 17.3 Å². The van der Waals surface area contributed by atoms with Crippen LogP contribution in [0.3, 0.4) is 0 Å². The zero-order valence-corrected chi connectivity index (χ0v) is 15.7. The molecule has 2 aromatic rings. The number of amides is 1. The van der Waals surface area contributed by atoms with Crippen LogP contribution in [0.5, 0.6) is 5.75 Å². The van der Waals surface area contributed by atoms with Gasteiger partial charge in [-0.25, -0.2) is 0 Å². The Labute approximate surface area is 154 Å². The van der Waals surface area contributed by atoms with Crippen molar-refractivity contribution in [1.29, 1.82) is 0 Å². The minimum Gasteiger partial charge on any atom is -0.483 e. The Bertz CT molecular complexity index is 783. The highest BCUT2D eigenvalue weighted by molar-refractivity contribution is 5.95. The fourth-order valence-electron chi connectivity index (χ4n) is 3.08. The first-order valence-electron chi connectivity index (χ1n) is 8.97. The summed E-state index contributed by atoms with van der Waals surface area (Å²) in [4.78, 5) is 14.6. The van der Waals surface area contributed by atoms with Crippen LogP contribution >= 0.6 is 0 Å². The van der Waals surface area contributed by atoms with Crippen molar-refractivity contribution in [2.75, 3.05) is 43.1 Å². The topological polar surface area (TPSA) is 50.8 Å². The van der Waals surface area contributed by atoms with Crippen LogP contribution in [0.4, 0.5) is 11.4 Å². The molecule has 2 aromatic carbocycles. The highest BCUT2D eigenvalue weighted by Crippen LogP contribution is 2.26. The third-order valence-electron chi connectivity index (χ3n) is 4.68. The van der Waals surface area contributed by atoms with Gasteiger partial charge in [0.2, 0.25) is 0 Å². The van der Waals surface area contributed by atoms with E-state index in [0.717, 1.165) is 41.3 Å². The summed E-state index contributed by atoms with van der Waals surface area (Å²) >= 11 is 0. The van der Waals surface area contributed by atoms with Crippen LogP contribution in [0, 0.1) is 20.8 Å². The molecule has 0 unspecified atom stereocenters. The minimum atomic E-state index is -0.164. The first-order chi connectivity index (χ1) is 12.5. The molecule has 138 valence electrons. The molecule has 1 N–H and O–H groups in total. The summed E-state index contributed by atoms with van der Waals surface area (Å²) in [6, 6.07) is 11.9. The molecule has 0 aliphatic carbocycles. The number of carbonyl (C=O) groups excluding carboxylic acids is 1. The third kappa shape index (κ3) is 4.35. The second-order valence-electron chi connectivity index (χ2n) is 6.66. The van der Waals surface area contributed by atoms with Gasteiger partial charge in [-0.2, -0.15) is 0 Å². The van der Waals surface area contributed by atoms with E-state index in [0.29, 0.717) is 13.2 Å². The summed E-state index contributed by atoms with van der Waals surface area (Å²) in [5.41, 5.74) is 5.24. The largest absolute Gasteiger partial charge is 0.483 e. The van der Waals surface area contributed by atoms with Crippen molar-refractivity contribution in [2.45, 2.75) is 20.8 Å². The van der Waals surface area contributed by atoms with Crippen molar-refractivity contribution in [2.24, 2.45) is 0 Å². The molecule has 0 radical (unpaired) electrons. The van der Waals surface area contributed by atoms with Crippen molar-refractivity contribution in [1.82, 2.24) is 0 Å². The fourth-order valence-corrected chi connectivity index (χ4v) is 3.08. The quantitative estimate of drug-likeness (QED) is 0.893. The number of morpholine rings is 1. The normalized spacial score (nSPS) is 14.2. The second-order valence-corrected chi connectivity index (χ2v) is 6.66. The Morgan fingerprint density at radius 3 is 2.54 bits per heavy atom. The van der Waals surface area contributed by atoms with Crippen LogP contribution in [0.15, 0.2) is 36.4 Å². The molecule has 1 saturated heterocycles. The minimum absolute atomic E-state index is 0.0131. The molecule has 1 fully saturated rings. The van der Waals surface area contributed by atoms with Crippen molar-refractivity contribution in [3.63, 3.8) is 0 Å². The molecule has 1 aliphatic rings. The molecule has 0 aromatic heterocycles. The molecule has 0 spiro atoms. The number of ether oxygens (including phenoxy) is 2. The van der Waals surface area contributed by atoms with E-state index < -0.39 is 0 Å². The molecule has 5 heteroatoms. The molecule has 1 heterocycles. The van der Waals surface area contributed by atoms with Crippen LogP contribution in [0.25, 0.3) is 0 Å². The van der Waals surface area contributed by atoms with Gasteiger partial charge < -0.3 is 19.7 Å². The molecule has 0 atom stereocenters. The zero-order valence-electron chi connectivity index (χ0n) is 15.7. The lowest BCUT2D eigenvalue weighted by Crippen LogP contribution is -2.37. The molecule has 1 aliphatic heterocycles. The van der Waals surface area contributed by atoms with E-state index in [4.69, 9.17) is 9.47 Å². The Hall–Kier alpha value is -2.53. The second kappa shape index (κ2) is 8.23. The van der Waals surface area contributed by atoms with Gasteiger partial charge in [-0.3, -0.25) is 4.79 Å². The van der Waals surface area contributed by atoms with E-state index >= 15 is 0 Å². The lowest BCUT2D eigenvalue weighted by molar-refractivity contribution is -0.118. The van der Waals surface area contributed by atoms with Crippen LogP contribution in [0.1, 0.15) is 16.7 Å². The highest BCUT2D eigenvalue weighted by atomic mass is 16.5. The first kappa shape index (κ1) is 18.3. The van der Waals surface area contributed by atoms with Crippen LogP contribution in [0.2, 0.25) is 0 Å². The maximum atomic E-state index is 12.4. The summed E-state index contributed by atoms with van der Waals surface area (Å²) in [6.45, 7) is 9.15. The number of carbonyl (C=O) groups is 1. The third-order valence-corrected chi connectivity index (χ3v) is 4.68. The highest BCUT2D eigenvalue weighted by Gasteiger charge is 2.16. The van der Waals surface area contributed by atoms with E-state index in [1.807, 2.05) is 44.2 Å². The summed E-state index contributed by atoms with van der Waals surface area (Å²) in [7, 11) is 0. The summed E-state index contributed by atoms with van der Waals surface area (Å²) < 4.78 is 11.2. The Morgan fingerprint density at radius 2 is 1.77 bits per heavy atom. The number of rotatable bonds is 5. The fraction of sp³-hybridized carbons (Fsp3) is 0.381. The van der Waals surface area contributed by atoms with Gasteiger partial charge in [0.1, 0.15) is 5.75 Å². The number of nitrogens with one attached hydrogen (secondary N) is 1. The molecule has 5 nitrogen and oxygen atoms in total. The molecular formula is C21H26N2O3. The van der Waals surface area contributed by atoms with Crippen molar-refractivity contribution < 1.29 is 14.3 Å². The lowest BCUT2D eigenvalue weighted by Gasteiger charge is -2.30. The van der Waals surface area contributed by atoms with Gasteiger partial charge in [0.15, 0.2) is 6.61 Å². The summed E-state index contributed by atoms with van der Waals surface area (Å²) in [5.74, 6) is 0.591. The summed E-state index contributed by atoms with van der Waals surface area (Å²) in [5, 5.41) is 2.98. The molecule has 0 bridgehead atoms. The van der Waals surface area contributed by atoms with Gasteiger partial charge >= 0.3 is 0 Å². The Balaban J connectivity index is 1.64. The number of hydrogen-bond donors (Lipinski definition) is 1. The van der Waals surface area contributed by atoms with Crippen LogP contribution < -0.4 is 15.0 Å². The molecule has 26 heavy (non-hydrogen) atoms. The van der Waals surface area contributed by atoms with E-state index in [9.17, 15) is 4.79 Å². The lowest BCUT2D eigenvalue weighted by atomic mass is 10.1. The standard InChI is InChI=1S/C21H26N2O3/c1-15-12-17(3)20(13-16(15)2)26-14-21(24)22-18-6-4-5-7-19(18)23-8-10-25-11-9-23/h4-7,12-13H,8-11,14H2,1-3H3,(H,22,24). The predicted molar refractivity (Wildman–Crippen MR) is 104 cm³/mol. The molecule has 0 saturated carbocycles. The number of benzene rings is 2.